The van der Waals surface area contributed by atoms with E-state index in [-0.39, 0.29) is 30.2 Å². The van der Waals surface area contributed by atoms with Crippen molar-refractivity contribution in [1.82, 2.24) is 4.31 Å². The Morgan fingerprint density at radius 1 is 1.03 bits per heavy atom. The first-order valence-corrected chi connectivity index (χ1v) is 10.8. The molecule has 1 fully saturated rings. The summed E-state index contributed by atoms with van der Waals surface area (Å²) in [6.07, 6.45) is 0. The third-order valence-corrected chi connectivity index (χ3v) is 6.65. The van der Waals surface area contributed by atoms with Gasteiger partial charge in [-0.2, -0.15) is 13.1 Å². The van der Waals surface area contributed by atoms with Crippen LogP contribution in [0.4, 0.5) is 14.5 Å². The van der Waals surface area contributed by atoms with Gasteiger partial charge in [0.1, 0.15) is 5.75 Å². The molecular formula is C20H22F2N2O5S. The van der Waals surface area contributed by atoms with Gasteiger partial charge in [-0.15, -0.1) is 0 Å². The Labute approximate surface area is 173 Å². The molecule has 1 saturated heterocycles. The van der Waals surface area contributed by atoms with Gasteiger partial charge in [0, 0.05) is 31.9 Å². The van der Waals surface area contributed by atoms with Gasteiger partial charge < -0.3 is 14.4 Å². The normalized spacial score (nSPS) is 15.3. The van der Waals surface area contributed by atoms with Crippen LogP contribution in [-0.4, -0.2) is 58.6 Å². The topological polar surface area (TPSA) is 76.2 Å². The maximum Gasteiger partial charge on any atom is 0.387 e. The predicted molar refractivity (Wildman–Crippen MR) is 107 cm³/mol. The minimum Gasteiger partial charge on any atom is -0.465 e. The first kappa shape index (κ1) is 22.0. The number of hydrogen-bond acceptors (Lipinski definition) is 6. The molecule has 162 valence electrons. The summed E-state index contributed by atoms with van der Waals surface area (Å²) in [4.78, 5) is 13.9. The van der Waals surface area contributed by atoms with E-state index in [0.29, 0.717) is 18.7 Å². The minimum absolute atomic E-state index is 0.0687. The van der Waals surface area contributed by atoms with Gasteiger partial charge in [0.2, 0.25) is 10.0 Å². The van der Waals surface area contributed by atoms with Crippen molar-refractivity contribution in [2.24, 2.45) is 0 Å². The molecule has 0 spiro atoms. The summed E-state index contributed by atoms with van der Waals surface area (Å²) < 4.78 is 60.7. The lowest BCUT2D eigenvalue weighted by Crippen LogP contribution is -2.49. The fraction of sp³-hybridized carbons (Fsp3) is 0.350. The number of carbonyl (C=O) groups excluding carboxylic acids is 1. The Hall–Kier alpha value is -2.72. The van der Waals surface area contributed by atoms with Crippen molar-refractivity contribution in [3.05, 3.63) is 59.7 Å². The van der Waals surface area contributed by atoms with E-state index in [0.717, 1.165) is 5.69 Å². The summed E-state index contributed by atoms with van der Waals surface area (Å²) in [6, 6.07) is 12.7. The molecule has 3 rings (SSSR count). The Bertz CT molecular complexity index is 975. The number of ether oxygens (including phenoxy) is 2. The molecule has 1 heterocycles. The molecule has 0 radical (unpaired) electrons. The van der Waals surface area contributed by atoms with Crippen LogP contribution in [-0.2, 0) is 20.5 Å². The SMILES string of the molecule is COC(=O)c1ccccc1CS(=O)(=O)N1CCN(c2ccc(OC(F)F)cc2)CC1. The highest BCUT2D eigenvalue weighted by Gasteiger charge is 2.28. The lowest BCUT2D eigenvalue weighted by atomic mass is 10.1. The molecule has 7 nitrogen and oxygen atoms in total. The number of benzene rings is 2. The van der Waals surface area contributed by atoms with E-state index < -0.39 is 22.6 Å². The zero-order valence-electron chi connectivity index (χ0n) is 16.3. The molecular weight excluding hydrogens is 418 g/mol. The van der Waals surface area contributed by atoms with Crippen molar-refractivity contribution in [3.63, 3.8) is 0 Å². The smallest absolute Gasteiger partial charge is 0.387 e. The van der Waals surface area contributed by atoms with Crippen LogP contribution in [0.2, 0.25) is 0 Å². The Kier molecular flexibility index (Phi) is 6.88. The molecule has 0 unspecified atom stereocenters. The minimum atomic E-state index is -3.63. The molecule has 0 N–H and O–H groups in total. The fourth-order valence-corrected chi connectivity index (χ4v) is 4.85. The van der Waals surface area contributed by atoms with Crippen LogP contribution >= 0.6 is 0 Å². The number of halogens is 2. The zero-order valence-corrected chi connectivity index (χ0v) is 17.1. The van der Waals surface area contributed by atoms with Gasteiger partial charge >= 0.3 is 12.6 Å². The molecule has 0 atom stereocenters. The molecule has 10 heteroatoms. The van der Waals surface area contributed by atoms with Crippen LogP contribution in [0, 0.1) is 0 Å². The van der Waals surface area contributed by atoms with Gasteiger partial charge in [0.05, 0.1) is 18.4 Å². The number of nitrogens with zero attached hydrogens (tertiary/aromatic N) is 2. The van der Waals surface area contributed by atoms with Crippen molar-refractivity contribution in [2.75, 3.05) is 38.2 Å². The second kappa shape index (κ2) is 9.40. The Morgan fingerprint density at radius 3 is 2.27 bits per heavy atom. The number of methoxy groups -OCH3 is 1. The number of hydrogen-bond donors (Lipinski definition) is 0. The van der Waals surface area contributed by atoms with E-state index >= 15 is 0 Å². The second-order valence-corrected chi connectivity index (χ2v) is 8.63. The first-order chi connectivity index (χ1) is 14.3. The van der Waals surface area contributed by atoms with Gasteiger partial charge in [0.15, 0.2) is 0 Å². The van der Waals surface area contributed by atoms with Crippen molar-refractivity contribution < 1.29 is 31.5 Å². The van der Waals surface area contributed by atoms with E-state index in [1.807, 2.05) is 4.90 Å². The zero-order chi connectivity index (χ0) is 21.7. The third-order valence-electron chi connectivity index (χ3n) is 4.82. The molecule has 0 aliphatic carbocycles. The van der Waals surface area contributed by atoms with E-state index in [9.17, 15) is 22.0 Å². The lowest BCUT2D eigenvalue weighted by molar-refractivity contribution is -0.0498. The molecule has 0 amide bonds. The molecule has 1 aliphatic heterocycles. The van der Waals surface area contributed by atoms with Gasteiger partial charge in [-0.25, -0.2) is 13.2 Å². The number of carbonyl (C=O) groups is 1. The Balaban J connectivity index is 1.64. The lowest BCUT2D eigenvalue weighted by Gasteiger charge is -2.35. The van der Waals surface area contributed by atoms with Crippen LogP contribution in [0.1, 0.15) is 15.9 Å². The van der Waals surface area contributed by atoms with Crippen LogP contribution in [0.15, 0.2) is 48.5 Å². The summed E-state index contributed by atoms with van der Waals surface area (Å²) in [5, 5.41) is 0. The predicted octanol–water partition coefficient (Wildman–Crippen LogP) is 2.73. The number of esters is 1. The molecule has 0 bridgehead atoms. The second-order valence-electron chi connectivity index (χ2n) is 6.66. The van der Waals surface area contributed by atoms with E-state index in [2.05, 4.69) is 4.74 Å². The first-order valence-electron chi connectivity index (χ1n) is 9.24. The highest BCUT2D eigenvalue weighted by molar-refractivity contribution is 7.88. The Morgan fingerprint density at radius 2 is 1.67 bits per heavy atom. The molecule has 2 aromatic carbocycles. The summed E-state index contributed by atoms with van der Waals surface area (Å²) in [6.45, 7) is -1.43. The number of alkyl halides is 2. The number of rotatable bonds is 7. The highest BCUT2D eigenvalue weighted by Crippen LogP contribution is 2.23. The number of piperazine rings is 1. The quantitative estimate of drug-likeness (QED) is 0.617. The monoisotopic (exact) mass is 440 g/mol. The van der Waals surface area contributed by atoms with Crippen molar-refractivity contribution in [2.45, 2.75) is 12.4 Å². The summed E-state index contributed by atoms with van der Waals surface area (Å²) in [5.74, 6) is -0.804. The van der Waals surface area contributed by atoms with Crippen LogP contribution in [0.5, 0.6) is 5.75 Å². The van der Waals surface area contributed by atoms with Gasteiger partial charge in [-0.1, -0.05) is 18.2 Å². The van der Waals surface area contributed by atoms with Crippen molar-refractivity contribution in [1.29, 1.82) is 0 Å². The van der Waals surface area contributed by atoms with Crippen LogP contribution < -0.4 is 9.64 Å². The van der Waals surface area contributed by atoms with Gasteiger partial charge in [-0.05, 0) is 35.9 Å². The standard InChI is InChI=1S/C20H22F2N2O5S/c1-28-19(25)18-5-3-2-4-15(18)14-30(26,27)24-12-10-23(11-13-24)16-6-8-17(9-7-16)29-20(21)22/h2-9,20H,10-14H2,1H3. The molecule has 0 saturated carbocycles. The molecule has 2 aromatic rings. The third kappa shape index (κ3) is 5.25. The summed E-state index contributed by atoms with van der Waals surface area (Å²) in [7, 11) is -2.38. The molecule has 0 aromatic heterocycles. The number of sulfonamides is 1. The van der Waals surface area contributed by atoms with E-state index in [1.54, 1.807) is 30.3 Å². The number of anilines is 1. The van der Waals surface area contributed by atoms with E-state index in [4.69, 9.17) is 4.74 Å². The fourth-order valence-electron chi connectivity index (χ4n) is 3.31. The highest BCUT2D eigenvalue weighted by atomic mass is 32.2. The van der Waals surface area contributed by atoms with Gasteiger partial charge in [0.25, 0.3) is 0 Å². The maximum absolute atomic E-state index is 12.9. The van der Waals surface area contributed by atoms with Gasteiger partial charge in [-0.3, -0.25) is 0 Å². The molecule has 1 aliphatic rings. The summed E-state index contributed by atoms with van der Waals surface area (Å²) >= 11 is 0. The maximum atomic E-state index is 12.9. The van der Waals surface area contributed by atoms with Crippen molar-refractivity contribution in [3.8, 4) is 5.75 Å². The average Bonchev–Trinajstić information content (AvgIpc) is 2.73. The largest absolute Gasteiger partial charge is 0.465 e. The van der Waals surface area contributed by atoms with Crippen molar-refractivity contribution >= 4 is 21.7 Å². The van der Waals surface area contributed by atoms with Crippen LogP contribution in [0.25, 0.3) is 0 Å². The van der Waals surface area contributed by atoms with E-state index in [1.165, 1.54) is 29.6 Å². The van der Waals surface area contributed by atoms with Crippen LogP contribution in [0.3, 0.4) is 0 Å². The average molecular weight is 440 g/mol. The summed E-state index contributed by atoms with van der Waals surface area (Å²) in [5.41, 5.74) is 1.42. The molecule has 30 heavy (non-hydrogen) atoms.